The van der Waals surface area contributed by atoms with Crippen molar-refractivity contribution < 1.29 is 24.2 Å². The van der Waals surface area contributed by atoms with Crippen molar-refractivity contribution in [2.45, 2.75) is 39.3 Å². The number of aromatic nitrogens is 5. The predicted molar refractivity (Wildman–Crippen MR) is 120 cm³/mol. The largest absolute Gasteiger partial charge is 0.481 e. The molecule has 1 N–H and O–H groups in total. The van der Waals surface area contributed by atoms with E-state index in [1.54, 1.807) is 26.9 Å². The van der Waals surface area contributed by atoms with E-state index in [-0.39, 0.29) is 25.0 Å². The van der Waals surface area contributed by atoms with E-state index in [1.165, 1.54) is 4.68 Å². The number of benzene rings is 1. The van der Waals surface area contributed by atoms with Gasteiger partial charge in [0.2, 0.25) is 5.91 Å². The average molecular weight is 470 g/mol. The van der Waals surface area contributed by atoms with Crippen LogP contribution < -0.4 is 0 Å². The molecule has 0 aliphatic carbocycles. The Bertz CT molecular complexity index is 1220. The molecule has 4 rings (SSSR count). The summed E-state index contributed by atoms with van der Waals surface area (Å²) < 4.78 is 8.54. The van der Waals surface area contributed by atoms with Gasteiger partial charge in [0.05, 0.1) is 35.7 Å². The molecule has 1 aliphatic heterocycles. The van der Waals surface area contributed by atoms with E-state index in [2.05, 4.69) is 15.4 Å². The van der Waals surface area contributed by atoms with Crippen LogP contribution in [-0.2, 0) is 27.3 Å². The molecule has 1 aliphatic rings. The molecular weight excluding hydrogens is 442 g/mol. The van der Waals surface area contributed by atoms with Crippen LogP contribution in [0.3, 0.4) is 0 Å². The van der Waals surface area contributed by atoms with Crippen molar-refractivity contribution in [1.29, 1.82) is 0 Å². The number of hydrogen-bond acceptors (Lipinski definition) is 7. The van der Waals surface area contributed by atoms with Crippen LogP contribution in [0.15, 0.2) is 30.6 Å². The molecule has 2 amide bonds. The number of ether oxygens (including phenoxy) is 1. The Morgan fingerprint density at radius 2 is 1.79 bits per heavy atom. The number of carboxylic acid groups (broad SMARTS) is 1. The maximum absolute atomic E-state index is 12.9. The first-order chi connectivity index (χ1) is 16.1. The van der Waals surface area contributed by atoms with Gasteiger partial charge in [-0.1, -0.05) is 5.21 Å². The molecule has 1 fully saturated rings. The maximum atomic E-state index is 12.9. The monoisotopic (exact) mass is 469 g/mol. The van der Waals surface area contributed by atoms with E-state index in [9.17, 15) is 14.4 Å². The first kappa shape index (κ1) is 23.2. The van der Waals surface area contributed by atoms with Gasteiger partial charge in [0.15, 0.2) is 0 Å². The van der Waals surface area contributed by atoms with Crippen LogP contribution in [0.4, 0.5) is 4.79 Å². The number of piperazine rings is 1. The standard InChI is InChI=1S/C22H27N7O5/c1-22(2,3)34-21(33)27-8-6-26(7-9-27)19(30)14-29-18-5-4-17(10-15(18)12-23-29)28-13-16(24-25-28)11-20(31)32/h4-5,10,12-13H,6-9,11,14H2,1-3H3,(H,31,32). The molecule has 1 saturated heterocycles. The number of hydrogen-bond donors (Lipinski definition) is 1. The van der Waals surface area contributed by atoms with Crippen molar-refractivity contribution in [3.05, 3.63) is 36.3 Å². The Morgan fingerprint density at radius 3 is 2.47 bits per heavy atom. The summed E-state index contributed by atoms with van der Waals surface area (Å²) in [4.78, 5) is 39.3. The van der Waals surface area contributed by atoms with Gasteiger partial charge in [-0.3, -0.25) is 14.3 Å². The second-order valence-corrected chi connectivity index (χ2v) is 9.12. The van der Waals surface area contributed by atoms with E-state index >= 15 is 0 Å². The molecule has 0 unspecified atom stereocenters. The van der Waals surface area contributed by atoms with Crippen LogP contribution in [-0.4, -0.2) is 89.4 Å². The lowest BCUT2D eigenvalue weighted by Gasteiger charge is -2.35. The third kappa shape index (κ3) is 5.33. The quantitative estimate of drug-likeness (QED) is 0.591. The number of carbonyl (C=O) groups is 3. The Kier molecular flexibility index (Phi) is 6.22. The highest BCUT2D eigenvalue weighted by Crippen LogP contribution is 2.19. The summed E-state index contributed by atoms with van der Waals surface area (Å²) in [5, 5.41) is 21.9. The smallest absolute Gasteiger partial charge is 0.410 e. The highest BCUT2D eigenvalue weighted by atomic mass is 16.6. The van der Waals surface area contributed by atoms with Gasteiger partial charge < -0.3 is 19.6 Å². The molecule has 0 atom stereocenters. The van der Waals surface area contributed by atoms with Gasteiger partial charge in [0, 0.05) is 31.6 Å². The number of carbonyl (C=O) groups excluding carboxylic acids is 2. The summed E-state index contributed by atoms with van der Waals surface area (Å²) >= 11 is 0. The topological polar surface area (TPSA) is 136 Å². The van der Waals surface area contributed by atoms with E-state index in [4.69, 9.17) is 9.84 Å². The van der Waals surface area contributed by atoms with E-state index in [0.29, 0.717) is 37.6 Å². The van der Waals surface area contributed by atoms with Gasteiger partial charge in [-0.25, -0.2) is 9.48 Å². The zero-order valence-corrected chi connectivity index (χ0v) is 19.3. The molecule has 0 bridgehead atoms. The lowest BCUT2D eigenvalue weighted by Crippen LogP contribution is -2.52. The third-order valence-electron chi connectivity index (χ3n) is 5.33. The van der Waals surface area contributed by atoms with Crippen molar-refractivity contribution in [3.63, 3.8) is 0 Å². The molecule has 34 heavy (non-hydrogen) atoms. The van der Waals surface area contributed by atoms with Crippen LogP contribution in [0.5, 0.6) is 0 Å². The second-order valence-electron chi connectivity index (χ2n) is 9.12. The van der Waals surface area contributed by atoms with Gasteiger partial charge in [-0.15, -0.1) is 5.10 Å². The first-order valence-electron chi connectivity index (χ1n) is 10.9. The second kappa shape index (κ2) is 9.12. The van der Waals surface area contributed by atoms with Crippen molar-refractivity contribution in [1.82, 2.24) is 34.6 Å². The third-order valence-corrected chi connectivity index (χ3v) is 5.33. The van der Waals surface area contributed by atoms with E-state index < -0.39 is 11.6 Å². The molecule has 12 heteroatoms. The molecule has 1 aromatic carbocycles. The Labute approximate surface area is 195 Å². The molecule has 0 saturated carbocycles. The zero-order chi connectivity index (χ0) is 24.5. The van der Waals surface area contributed by atoms with Crippen molar-refractivity contribution in [2.75, 3.05) is 26.2 Å². The Morgan fingerprint density at radius 1 is 1.09 bits per heavy atom. The predicted octanol–water partition coefficient (Wildman–Crippen LogP) is 1.32. The van der Waals surface area contributed by atoms with Gasteiger partial charge in [0.1, 0.15) is 12.1 Å². The minimum Gasteiger partial charge on any atom is -0.481 e. The van der Waals surface area contributed by atoms with Gasteiger partial charge in [0.25, 0.3) is 0 Å². The Balaban J connectivity index is 1.38. The molecule has 0 radical (unpaired) electrons. The fourth-order valence-corrected chi connectivity index (χ4v) is 3.70. The minimum absolute atomic E-state index is 0.0764. The molecular formula is C22H27N7O5. The number of carboxylic acids is 1. The average Bonchev–Trinajstić information content (AvgIpc) is 3.39. The lowest BCUT2D eigenvalue weighted by molar-refractivity contribution is -0.136. The summed E-state index contributed by atoms with van der Waals surface area (Å²) in [7, 11) is 0. The summed E-state index contributed by atoms with van der Waals surface area (Å²) in [5.41, 5.74) is 1.30. The normalized spacial score (nSPS) is 14.4. The number of fused-ring (bicyclic) bond motifs is 1. The molecule has 3 heterocycles. The van der Waals surface area contributed by atoms with Crippen molar-refractivity contribution in [3.8, 4) is 5.69 Å². The van der Waals surface area contributed by atoms with E-state index in [1.807, 2.05) is 39.0 Å². The van der Waals surface area contributed by atoms with Crippen LogP contribution in [0.1, 0.15) is 26.5 Å². The van der Waals surface area contributed by atoms with Gasteiger partial charge in [-0.05, 0) is 39.0 Å². The van der Waals surface area contributed by atoms with Crippen molar-refractivity contribution in [2.24, 2.45) is 0 Å². The summed E-state index contributed by atoms with van der Waals surface area (Å²) in [6.45, 7) is 7.28. The molecule has 12 nitrogen and oxygen atoms in total. The van der Waals surface area contributed by atoms with Gasteiger partial charge >= 0.3 is 12.1 Å². The van der Waals surface area contributed by atoms with Crippen LogP contribution in [0, 0.1) is 0 Å². The molecule has 2 aromatic heterocycles. The fraction of sp³-hybridized carbons (Fsp3) is 0.455. The number of nitrogens with zero attached hydrogens (tertiary/aromatic N) is 7. The summed E-state index contributed by atoms with van der Waals surface area (Å²) in [5.74, 6) is -1.05. The lowest BCUT2D eigenvalue weighted by atomic mass is 10.2. The number of rotatable bonds is 5. The minimum atomic E-state index is -0.973. The fourth-order valence-electron chi connectivity index (χ4n) is 3.70. The number of amides is 2. The summed E-state index contributed by atoms with van der Waals surface area (Å²) in [6.07, 6.45) is 2.67. The number of aliphatic carboxylic acids is 1. The maximum Gasteiger partial charge on any atom is 0.410 e. The van der Waals surface area contributed by atoms with E-state index in [0.717, 1.165) is 10.9 Å². The summed E-state index contributed by atoms with van der Waals surface area (Å²) in [6, 6.07) is 5.50. The molecule has 3 aromatic rings. The van der Waals surface area contributed by atoms with Crippen molar-refractivity contribution >= 4 is 28.9 Å². The Hall–Kier alpha value is -3.96. The molecule has 180 valence electrons. The molecule has 0 spiro atoms. The van der Waals surface area contributed by atoms with Crippen LogP contribution >= 0.6 is 0 Å². The zero-order valence-electron chi connectivity index (χ0n) is 19.3. The van der Waals surface area contributed by atoms with Crippen LogP contribution in [0.25, 0.3) is 16.6 Å². The van der Waals surface area contributed by atoms with Crippen LogP contribution in [0.2, 0.25) is 0 Å². The highest BCUT2D eigenvalue weighted by Gasteiger charge is 2.28. The van der Waals surface area contributed by atoms with Gasteiger partial charge in [-0.2, -0.15) is 5.10 Å². The highest BCUT2D eigenvalue weighted by molar-refractivity contribution is 5.83. The SMILES string of the molecule is CC(C)(C)OC(=O)N1CCN(C(=O)Cn2ncc3cc(-n4cc(CC(=O)O)nn4)ccc32)CC1. The first-order valence-corrected chi connectivity index (χ1v) is 10.9.